The lowest BCUT2D eigenvalue weighted by Crippen LogP contribution is -2.40. The van der Waals surface area contributed by atoms with Crippen LogP contribution in [0.3, 0.4) is 0 Å². The molecule has 1 aromatic rings. The molecule has 8 nitrogen and oxygen atoms in total. The summed E-state index contributed by atoms with van der Waals surface area (Å²) in [5.74, 6) is -0.380. The molecule has 0 spiro atoms. The van der Waals surface area contributed by atoms with Gasteiger partial charge in [-0.1, -0.05) is 33.8 Å². The number of benzene rings is 1. The summed E-state index contributed by atoms with van der Waals surface area (Å²) in [6, 6.07) is 4.39. The molecular weight excluding hydrogens is 420 g/mol. The first-order valence-corrected chi connectivity index (χ1v) is 12.1. The Bertz CT molecular complexity index is 866. The third kappa shape index (κ3) is 7.02. The Morgan fingerprint density at radius 2 is 1.68 bits per heavy atom. The maximum Gasteiger partial charge on any atom is 0.338 e. The van der Waals surface area contributed by atoms with Crippen LogP contribution < -0.4 is 0 Å². The average Bonchev–Trinajstić information content (AvgIpc) is 2.71. The molecule has 9 heteroatoms. The average molecular weight is 455 g/mol. The maximum atomic E-state index is 12.9. The molecule has 1 aliphatic heterocycles. The molecule has 31 heavy (non-hydrogen) atoms. The zero-order valence-electron chi connectivity index (χ0n) is 19.1. The number of nitrogens with zero attached hydrogens (tertiary/aromatic N) is 2. The van der Waals surface area contributed by atoms with Crippen molar-refractivity contribution in [1.82, 2.24) is 9.21 Å². The van der Waals surface area contributed by atoms with Gasteiger partial charge in [0.25, 0.3) is 5.91 Å². The topological polar surface area (TPSA) is 93.2 Å². The largest absolute Gasteiger partial charge is 0.452 e. The summed E-state index contributed by atoms with van der Waals surface area (Å²) in [6.45, 7) is 11.8. The molecule has 1 amide bonds. The van der Waals surface area contributed by atoms with Crippen LogP contribution in [0.5, 0.6) is 0 Å². The number of rotatable bonds is 9. The summed E-state index contributed by atoms with van der Waals surface area (Å²) in [5.41, 5.74) is 0.723. The second-order valence-corrected chi connectivity index (χ2v) is 10.6. The van der Waals surface area contributed by atoms with Crippen LogP contribution in [0, 0.1) is 18.8 Å². The molecule has 174 valence electrons. The highest BCUT2D eigenvalue weighted by atomic mass is 32.2. The third-order valence-electron chi connectivity index (χ3n) is 4.89. The summed E-state index contributed by atoms with van der Waals surface area (Å²) >= 11 is 0. The summed E-state index contributed by atoms with van der Waals surface area (Å²) in [6.07, 6.45) is 0. The Labute approximate surface area is 185 Å². The lowest BCUT2D eigenvalue weighted by molar-refractivity contribution is -0.135. The molecule has 0 unspecified atom stereocenters. The van der Waals surface area contributed by atoms with E-state index < -0.39 is 16.0 Å². The van der Waals surface area contributed by atoms with Crippen LogP contribution in [0.25, 0.3) is 0 Å². The van der Waals surface area contributed by atoms with Crippen molar-refractivity contribution >= 4 is 21.9 Å². The van der Waals surface area contributed by atoms with Crippen molar-refractivity contribution in [2.45, 2.75) is 39.5 Å². The van der Waals surface area contributed by atoms with E-state index in [0.29, 0.717) is 43.7 Å². The fourth-order valence-electron chi connectivity index (χ4n) is 3.37. The summed E-state index contributed by atoms with van der Waals surface area (Å²) in [4.78, 5) is 27.0. The fraction of sp³-hybridized carbons (Fsp3) is 0.636. The standard InChI is InChI=1S/C22H34N2O6S/c1-16(2)13-23(14-17(3)4)21(25)15-30-22(26)20-12-19(7-6-18(20)5)31(27,28)24-8-10-29-11-9-24/h6-7,12,16-17H,8-11,13-15H2,1-5H3. The molecule has 0 saturated carbocycles. The molecule has 1 fully saturated rings. The summed E-state index contributed by atoms with van der Waals surface area (Å²) in [7, 11) is -3.74. The lowest BCUT2D eigenvalue weighted by Gasteiger charge is -2.26. The molecule has 2 rings (SSSR count). The van der Waals surface area contributed by atoms with Gasteiger partial charge in [-0.25, -0.2) is 13.2 Å². The van der Waals surface area contributed by atoms with Gasteiger partial charge in [0.05, 0.1) is 23.7 Å². The van der Waals surface area contributed by atoms with Crippen molar-refractivity contribution in [2.24, 2.45) is 11.8 Å². The Kier molecular flexibility index (Phi) is 9.02. The number of morpholine rings is 1. The second-order valence-electron chi connectivity index (χ2n) is 8.66. The first-order valence-electron chi connectivity index (χ1n) is 10.7. The fourth-order valence-corrected chi connectivity index (χ4v) is 4.81. The minimum atomic E-state index is -3.74. The number of amides is 1. The van der Waals surface area contributed by atoms with Crippen molar-refractivity contribution in [3.05, 3.63) is 29.3 Å². The quantitative estimate of drug-likeness (QED) is 0.532. The Morgan fingerprint density at radius 1 is 1.10 bits per heavy atom. The predicted octanol–water partition coefficient (Wildman–Crippen LogP) is 2.31. The SMILES string of the molecule is Cc1ccc(S(=O)(=O)N2CCOCC2)cc1C(=O)OCC(=O)N(CC(C)C)CC(C)C. The maximum absolute atomic E-state index is 12.9. The van der Waals surface area contributed by atoms with Crippen LogP contribution in [-0.2, 0) is 24.3 Å². The van der Waals surface area contributed by atoms with Gasteiger partial charge in [0.15, 0.2) is 6.61 Å². The summed E-state index contributed by atoms with van der Waals surface area (Å²) < 4.78 is 37.6. The number of aryl methyl sites for hydroxylation is 1. The van der Waals surface area contributed by atoms with Crippen LogP contribution in [0.2, 0.25) is 0 Å². The van der Waals surface area contributed by atoms with E-state index >= 15 is 0 Å². The van der Waals surface area contributed by atoms with Gasteiger partial charge in [0, 0.05) is 26.2 Å². The molecule has 0 radical (unpaired) electrons. The van der Waals surface area contributed by atoms with E-state index in [4.69, 9.17) is 9.47 Å². The second kappa shape index (κ2) is 11.1. The van der Waals surface area contributed by atoms with Crippen LogP contribution in [0.1, 0.15) is 43.6 Å². The van der Waals surface area contributed by atoms with E-state index in [1.165, 1.54) is 16.4 Å². The number of hydrogen-bond acceptors (Lipinski definition) is 6. The van der Waals surface area contributed by atoms with Crippen molar-refractivity contribution in [3.8, 4) is 0 Å². The number of ether oxygens (including phenoxy) is 2. The third-order valence-corrected chi connectivity index (χ3v) is 6.78. The Hall–Kier alpha value is -1.97. The van der Waals surface area contributed by atoms with Crippen LogP contribution >= 0.6 is 0 Å². The molecular formula is C22H34N2O6S. The first kappa shape index (κ1) is 25.3. The molecule has 1 aromatic carbocycles. The molecule has 0 N–H and O–H groups in total. The smallest absolute Gasteiger partial charge is 0.338 e. The predicted molar refractivity (Wildman–Crippen MR) is 117 cm³/mol. The lowest BCUT2D eigenvalue weighted by atomic mass is 10.1. The van der Waals surface area contributed by atoms with Crippen LogP contribution in [0.15, 0.2) is 23.1 Å². The minimum absolute atomic E-state index is 0.0273. The highest BCUT2D eigenvalue weighted by Crippen LogP contribution is 2.21. The van der Waals surface area contributed by atoms with E-state index in [9.17, 15) is 18.0 Å². The zero-order chi connectivity index (χ0) is 23.2. The normalized spacial score (nSPS) is 15.3. The van der Waals surface area contributed by atoms with Gasteiger partial charge in [-0.15, -0.1) is 0 Å². The van der Waals surface area contributed by atoms with E-state index in [2.05, 4.69) is 0 Å². The molecule has 0 atom stereocenters. The van der Waals surface area contributed by atoms with E-state index in [1.807, 2.05) is 27.7 Å². The van der Waals surface area contributed by atoms with Gasteiger partial charge in [-0.2, -0.15) is 4.31 Å². The van der Waals surface area contributed by atoms with Gasteiger partial charge < -0.3 is 14.4 Å². The van der Waals surface area contributed by atoms with Crippen molar-refractivity contribution in [1.29, 1.82) is 0 Å². The van der Waals surface area contributed by atoms with Crippen LogP contribution in [-0.4, -0.2) is 75.5 Å². The highest BCUT2D eigenvalue weighted by molar-refractivity contribution is 7.89. The molecule has 1 heterocycles. The van der Waals surface area contributed by atoms with E-state index in [0.717, 1.165) is 0 Å². The van der Waals surface area contributed by atoms with Crippen molar-refractivity contribution < 1.29 is 27.5 Å². The minimum Gasteiger partial charge on any atom is -0.452 e. The van der Waals surface area contributed by atoms with Gasteiger partial charge in [0.2, 0.25) is 10.0 Å². The highest BCUT2D eigenvalue weighted by Gasteiger charge is 2.28. The monoisotopic (exact) mass is 454 g/mol. The number of hydrogen-bond donors (Lipinski definition) is 0. The number of esters is 1. The molecule has 0 aromatic heterocycles. The number of sulfonamides is 1. The van der Waals surface area contributed by atoms with E-state index in [-0.39, 0.29) is 36.1 Å². The van der Waals surface area contributed by atoms with Gasteiger partial charge >= 0.3 is 5.97 Å². The van der Waals surface area contributed by atoms with Gasteiger partial charge in [-0.05, 0) is 36.5 Å². The first-order chi connectivity index (χ1) is 14.5. The number of carbonyl (C=O) groups excluding carboxylic acids is 2. The molecule has 0 bridgehead atoms. The molecule has 1 aliphatic rings. The number of carbonyl (C=O) groups is 2. The van der Waals surface area contributed by atoms with Gasteiger partial charge in [-0.3, -0.25) is 4.79 Å². The van der Waals surface area contributed by atoms with Gasteiger partial charge in [0.1, 0.15) is 0 Å². The summed E-state index contributed by atoms with van der Waals surface area (Å²) in [5, 5.41) is 0. The van der Waals surface area contributed by atoms with E-state index in [1.54, 1.807) is 17.9 Å². The van der Waals surface area contributed by atoms with Crippen molar-refractivity contribution in [3.63, 3.8) is 0 Å². The molecule has 0 aliphatic carbocycles. The van der Waals surface area contributed by atoms with Crippen molar-refractivity contribution in [2.75, 3.05) is 46.0 Å². The Balaban J connectivity index is 2.12. The Morgan fingerprint density at radius 3 is 2.23 bits per heavy atom. The van der Waals surface area contributed by atoms with Crippen LogP contribution in [0.4, 0.5) is 0 Å². The zero-order valence-corrected chi connectivity index (χ0v) is 19.9. The molecule has 1 saturated heterocycles.